The maximum atomic E-state index is 12.7. The molecule has 0 amide bonds. The van der Waals surface area contributed by atoms with E-state index < -0.39 is 23.9 Å². The van der Waals surface area contributed by atoms with Crippen molar-refractivity contribution in [3.8, 4) is 57.5 Å². The van der Waals surface area contributed by atoms with Crippen LogP contribution in [0.4, 0.5) is 0 Å². The molecule has 0 aromatic heterocycles. The zero-order valence-electron chi connectivity index (χ0n) is 74.1. The maximum absolute atomic E-state index is 12.7. The number of methoxy groups -OCH3 is 10. The van der Waals surface area contributed by atoms with Crippen LogP contribution in [0.25, 0.3) is 0 Å². The topological polar surface area (TPSA) is 278 Å². The lowest BCUT2D eigenvalue weighted by molar-refractivity contribution is -0.941. The molecule has 2 fully saturated rings. The zero-order valence-corrected chi connectivity index (χ0v) is 74.1. The third kappa shape index (κ3) is 26.2. The number of hydrogen-bond donors (Lipinski definition) is 4. The fourth-order valence-corrected chi connectivity index (χ4v) is 17.5. The summed E-state index contributed by atoms with van der Waals surface area (Å²) in [5.74, 6) is 3.86. The Bertz CT molecular complexity index is 4270. The van der Waals surface area contributed by atoms with Crippen molar-refractivity contribution in [2.75, 3.05) is 177 Å². The highest BCUT2D eigenvalue weighted by Gasteiger charge is 2.42. The number of aliphatic hydroxyl groups excluding tert-OH is 4. The van der Waals surface area contributed by atoms with Crippen molar-refractivity contribution in [3.63, 3.8) is 0 Å². The highest BCUT2D eigenvalue weighted by Crippen LogP contribution is 2.46. The molecule has 0 radical (unpaired) electrons. The summed E-state index contributed by atoms with van der Waals surface area (Å²) in [7, 11) is 20.5. The molecular weight excluding hydrogens is 1540 g/mol. The summed E-state index contributed by atoms with van der Waals surface area (Å²) in [5, 5.41) is 40.3. The van der Waals surface area contributed by atoms with E-state index in [9.17, 15) is 39.6 Å². The van der Waals surface area contributed by atoms with Gasteiger partial charge in [0.05, 0.1) is 203 Å². The summed E-state index contributed by atoms with van der Waals surface area (Å²) in [5.41, 5.74) is 11.8. The summed E-state index contributed by atoms with van der Waals surface area (Å²) >= 11 is 0. The standard InChI is InChI=1S/C46H64N2O12.C44H60N2O10.4CH3/c1-47(19-14-34-27-35(30-49)36(31-50)28-37(34)38(47)22-32-23-39(53-2)45(57-6)40(24-32)54-3)15-10-20-59-43(51)12-13-44(52)60-21-11-18-48(16-8-9-17-48)29-33-25-41(55-4)46(58-7)42(26-33)56-5;1-45(21-16-34-27-35(30-47)36(31-48)28-37(34)38(45)24-32-10-12-39(51-2)41(25-32)53-4)17-8-22-55-43(49)14-15-44(50)56-23-9-20-46(18-6-7-19-46)29-33-11-13-40(52-3)42(26-33)54-5;;;;/h12-13,23-28,38,49-50H,8-11,14-22,29-31H2,1-7H3;10-15,25-28,38,47-48H,6-9,16-24,29-31H2,1-5H3;4*1H3/q2*+2;4*-1/b13-12-;15-14-;;;;/t38-,47-;38-,45-;;;;/m11..../s1. The van der Waals surface area contributed by atoms with Crippen LogP contribution in [0.1, 0.15) is 130 Å². The smallest absolute Gasteiger partial charge is 0.331 e. The number of ether oxygens (including phenoxy) is 14. The van der Waals surface area contributed by atoms with Gasteiger partial charge in [-0.2, -0.15) is 0 Å². The molecule has 26 heteroatoms. The van der Waals surface area contributed by atoms with Crippen LogP contribution in [-0.4, -0.2) is 239 Å². The summed E-state index contributed by atoms with van der Waals surface area (Å²) < 4.78 is 80.6. The minimum atomic E-state index is -0.608. The van der Waals surface area contributed by atoms with E-state index in [0.29, 0.717) is 105 Å². The lowest BCUT2D eigenvalue weighted by atomic mass is 9.84. The van der Waals surface area contributed by atoms with Gasteiger partial charge in [-0.3, -0.25) is 0 Å². The van der Waals surface area contributed by atoms with Gasteiger partial charge in [-0.15, -0.1) is 0 Å². The van der Waals surface area contributed by atoms with Crippen molar-refractivity contribution < 1.29 is 124 Å². The molecule has 664 valence electrons. The molecule has 4 heterocycles. The molecule has 120 heavy (non-hydrogen) atoms. The molecule has 0 aliphatic carbocycles. The predicted octanol–water partition coefficient (Wildman–Crippen LogP) is 12.3. The minimum Gasteiger partial charge on any atom is -0.493 e. The third-order valence-corrected chi connectivity index (χ3v) is 23.7. The number of quaternary nitrogens is 4. The van der Waals surface area contributed by atoms with Crippen LogP contribution in [-0.2, 0) is 103 Å². The van der Waals surface area contributed by atoms with E-state index in [0.717, 1.165) is 193 Å². The van der Waals surface area contributed by atoms with E-state index in [1.165, 1.54) is 24.0 Å². The van der Waals surface area contributed by atoms with Gasteiger partial charge >= 0.3 is 23.9 Å². The van der Waals surface area contributed by atoms with Crippen molar-refractivity contribution in [1.29, 1.82) is 0 Å². The van der Waals surface area contributed by atoms with Crippen LogP contribution in [0.2, 0.25) is 0 Å². The minimum absolute atomic E-state index is 0. The molecule has 4 N–H and O–H groups in total. The molecular formula is C94H136N4O22. The highest BCUT2D eigenvalue weighted by atomic mass is 16.6. The second-order valence-electron chi connectivity index (χ2n) is 31.0. The average molecular weight is 1670 g/mol. The van der Waals surface area contributed by atoms with E-state index >= 15 is 0 Å². The SMILES string of the molecule is COc1cc(C[C@@H]2c3cc(CO)c(CO)cc3CC[N@@+]2(C)CCCOC(=O)/C=C\C(=O)OCCC[N+]2(Cc3cc(OC)c(OC)c(OC)c3)CCCC2)cc(OC)c1OC.COc1ccc(C[C@@H]2c3cc(CO)c(CO)cc3CC[N@@+]2(C)CCCOC(=O)/C=C\C(=O)OCCC[N+]2(Cc3ccc(OC)c(OC)c3)CCCC2)cc1OC.[CH3-].[CH3-].[CH3-].[CH3-]. The van der Waals surface area contributed by atoms with E-state index in [4.69, 9.17) is 66.3 Å². The molecule has 4 aliphatic heterocycles. The maximum Gasteiger partial charge on any atom is 0.331 e. The first-order chi connectivity index (χ1) is 56.1. The van der Waals surface area contributed by atoms with Gasteiger partial charge in [0.1, 0.15) is 25.2 Å². The molecule has 0 bridgehead atoms. The van der Waals surface area contributed by atoms with Gasteiger partial charge in [-0.25, -0.2) is 19.2 Å². The number of rotatable bonds is 42. The first kappa shape index (κ1) is 101. The third-order valence-electron chi connectivity index (χ3n) is 23.7. The van der Waals surface area contributed by atoms with Crippen LogP contribution in [0.3, 0.4) is 0 Å². The van der Waals surface area contributed by atoms with Gasteiger partial charge in [-0.1, -0.05) is 18.2 Å². The van der Waals surface area contributed by atoms with E-state index in [1.807, 2.05) is 78.9 Å². The lowest BCUT2D eigenvalue weighted by Crippen LogP contribution is -2.52. The zero-order chi connectivity index (χ0) is 83.4. The normalized spacial score (nSPS) is 17.8. The fourth-order valence-electron chi connectivity index (χ4n) is 17.5. The van der Waals surface area contributed by atoms with Gasteiger partial charge in [0, 0.05) is 124 Å². The second kappa shape index (κ2) is 48.7. The quantitative estimate of drug-likeness (QED) is 0.00692. The summed E-state index contributed by atoms with van der Waals surface area (Å²) in [6.45, 7) is 11.0. The predicted molar refractivity (Wildman–Crippen MR) is 462 cm³/mol. The van der Waals surface area contributed by atoms with Crippen molar-refractivity contribution in [3.05, 3.63) is 206 Å². The lowest BCUT2D eigenvalue weighted by Gasteiger charge is -2.46. The molecule has 4 aliphatic rings. The molecule has 26 nitrogen and oxygen atoms in total. The van der Waals surface area contributed by atoms with Crippen molar-refractivity contribution in [2.24, 2.45) is 0 Å². The average Bonchev–Trinajstić information content (AvgIpc) is 0.879. The van der Waals surface area contributed by atoms with Gasteiger partial charge in [0.15, 0.2) is 46.0 Å². The van der Waals surface area contributed by atoms with Crippen LogP contribution < -0.4 is 47.4 Å². The number of aliphatic hydroxyl groups is 4. The molecule has 0 saturated carbocycles. The molecule has 6 aromatic rings. The summed E-state index contributed by atoms with van der Waals surface area (Å²) in [6, 6.07) is 28.0. The Kier molecular flexibility index (Phi) is 41.0. The molecule has 0 unspecified atom stereocenters. The first-order valence-electron chi connectivity index (χ1n) is 40.2. The molecule has 6 aromatic carbocycles. The van der Waals surface area contributed by atoms with Crippen molar-refractivity contribution in [1.82, 2.24) is 0 Å². The van der Waals surface area contributed by atoms with E-state index in [2.05, 4.69) is 20.2 Å². The number of likely N-dealkylation sites (tertiary alicyclic amines) is 2. The number of fused-ring (bicyclic) bond motifs is 2. The Labute approximate surface area is 713 Å². The van der Waals surface area contributed by atoms with Gasteiger partial charge in [0.2, 0.25) is 11.5 Å². The number of nitrogens with zero attached hydrogens (tertiary/aromatic N) is 4. The summed E-state index contributed by atoms with van der Waals surface area (Å²) in [4.78, 5) is 50.3. The largest absolute Gasteiger partial charge is 0.493 e. The van der Waals surface area contributed by atoms with E-state index in [1.54, 1.807) is 71.1 Å². The summed E-state index contributed by atoms with van der Waals surface area (Å²) in [6.07, 6.45) is 14.7. The Morgan fingerprint density at radius 3 is 0.967 bits per heavy atom. The number of carbonyl (C=O) groups is 4. The second-order valence-corrected chi connectivity index (χ2v) is 31.0. The van der Waals surface area contributed by atoms with Gasteiger partial charge in [0.25, 0.3) is 0 Å². The van der Waals surface area contributed by atoms with Gasteiger partial charge in [-0.05, 0) is 111 Å². The molecule has 10 rings (SSSR count). The first-order valence-corrected chi connectivity index (χ1v) is 40.2. The van der Waals surface area contributed by atoms with Gasteiger partial charge < -0.3 is 134 Å². The Morgan fingerprint density at radius 1 is 0.342 bits per heavy atom. The van der Waals surface area contributed by atoms with Crippen LogP contribution in [0.15, 0.2) is 109 Å². The van der Waals surface area contributed by atoms with Crippen molar-refractivity contribution in [2.45, 2.75) is 129 Å². The highest BCUT2D eigenvalue weighted by molar-refractivity contribution is 5.92. The number of hydrogen-bond acceptors (Lipinski definition) is 22. The van der Waals surface area contributed by atoms with Crippen LogP contribution >= 0.6 is 0 Å². The van der Waals surface area contributed by atoms with Crippen LogP contribution in [0, 0.1) is 29.7 Å². The number of benzene rings is 6. The van der Waals surface area contributed by atoms with Crippen molar-refractivity contribution >= 4 is 23.9 Å². The fraction of sp³-hybridized carbons (Fsp3) is 0.489. The number of likely N-dealkylation sites (N-methyl/N-ethyl adjacent to an activating group) is 2. The van der Waals surface area contributed by atoms with Crippen LogP contribution in [0.5, 0.6) is 57.5 Å². The number of esters is 4. The molecule has 0 spiro atoms. The Balaban J connectivity index is 0.000000414. The Morgan fingerprint density at radius 2 is 0.633 bits per heavy atom. The monoisotopic (exact) mass is 1670 g/mol. The Hall–Kier alpha value is -9.64. The number of carbonyl (C=O) groups excluding carboxylic acids is 4. The van der Waals surface area contributed by atoms with E-state index in [-0.39, 0.29) is 94.6 Å². The molecule has 4 atom stereocenters. The molecule has 2 saturated heterocycles.